The molecule has 0 aliphatic heterocycles. The number of ether oxygens (including phenoxy) is 2. The minimum atomic E-state index is -5.64. The molecule has 4 heterocycles. The maximum atomic E-state index is 12.2. The molecular formula is C26H38N10O18P4. The summed E-state index contributed by atoms with van der Waals surface area (Å²) in [5.74, 6) is -0.665. The smallest absolute Gasteiger partial charge is 0.387 e. The molecule has 58 heavy (non-hydrogen) atoms. The summed E-state index contributed by atoms with van der Waals surface area (Å²) >= 11 is 0. The van der Waals surface area contributed by atoms with Crippen molar-refractivity contribution in [3.05, 3.63) is 25.3 Å². The minimum absolute atomic E-state index is 0.0968. The summed E-state index contributed by atoms with van der Waals surface area (Å²) in [6, 6.07) is -1.49. The van der Waals surface area contributed by atoms with Crippen LogP contribution >= 0.6 is 30.8 Å². The van der Waals surface area contributed by atoms with Gasteiger partial charge < -0.3 is 79.9 Å². The summed E-state index contributed by atoms with van der Waals surface area (Å²) in [4.78, 5) is 78.6. The first-order valence-corrected chi connectivity index (χ1v) is 23.3. The number of nitrogens with two attached hydrogens (primary N) is 2. The van der Waals surface area contributed by atoms with Crippen LogP contribution in [0.15, 0.2) is 25.3 Å². The molecule has 28 nitrogen and oxygen atoms in total. The first-order valence-electron chi connectivity index (χ1n) is 16.7. The Morgan fingerprint density at radius 3 is 1.50 bits per heavy atom. The standard InChI is InChI=1S/C13H20N5O12P3.C13H18N5O6P/c1-12(20)8(18-4-17-7-9(14)15-3-16-10(7)18)6-2-13(6,11(12)19)28-5-31(21,22)29-33(26,27)30-32(23,24)25;1-12(20)8(18-4-17-7-9(14)15-3-16-10(7)18)6-2-13(6,11(12)19)24-5-25(21,22)23/h3-4,6,8,11,19-20H,2,5H2,1H3,(H,21,22)(H,26,27)(H2,14,15,16)(H2,23,24,25);3-4,6,8,11,19-20H,2,5H2,1H3,(H2,14,15,16)(H2,21,22,23)/t2*6-,8-,11?,12+,13+/m11/s1. The number of hydrogen-bond donors (Lipinski definition) is 12. The Balaban J connectivity index is 0.000000183. The number of rotatable bonds is 12. The van der Waals surface area contributed by atoms with Gasteiger partial charge in [-0.15, -0.1) is 0 Å². The van der Waals surface area contributed by atoms with Crippen molar-refractivity contribution in [2.75, 3.05) is 24.2 Å². The number of hydrogen-bond acceptors (Lipinski definition) is 20. The molecule has 0 radical (unpaired) electrons. The lowest BCUT2D eigenvalue weighted by molar-refractivity contribution is -0.127. The topological polar surface area (TPSA) is 447 Å². The average molecular weight is 903 g/mol. The molecule has 32 heteroatoms. The van der Waals surface area contributed by atoms with E-state index in [1.807, 2.05) is 0 Å². The van der Waals surface area contributed by atoms with Gasteiger partial charge in [-0.3, -0.25) is 9.13 Å². The molecular weight excluding hydrogens is 864 g/mol. The highest BCUT2D eigenvalue weighted by Gasteiger charge is 2.78. The van der Waals surface area contributed by atoms with E-state index in [9.17, 15) is 48.5 Å². The van der Waals surface area contributed by atoms with Crippen LogP contribution in [-0.2, 0) is 36.4 Å². The molecule has 8 rings (SSSR count). The van der Waals surface area contributed by atoms with Crippen LogP contribution in [-0.4, -0.2) is 136 Å². The Kier molecular flexibility index (Phi) is 10.3. The third-order valence-electron chi connectivity index (χ3n) is 10.8. The first-order chi connectivity index (χ1) is 26.6. The lowest BCUT2D eigenvalue weighted by Crippen LogP contribution is -2.48. The Morgan fingerprint density at radius 1 is 0.690 bits per heavy atom. The van der Waals surface area contributed by atoms with Gasteiger partial charge in [0.1, 0.15) is 71.0 Å². The number of imidazole rings is 2. The second kappa shape index (κ2) is 13.8. The molecule has 4 fully saturated rings. The zero-order valence-corrected chi connectivity index (χ0v) is 33.4. The van der Waals surface area contributed by atoms with Crippen molar-refractivity contribution in [1.82, 2.24) is 39.0 Å². The van der Waals surface area contributed by atoms with E-state index < -0.39 is 96.1 Å². The fourth-order valence-electron chi connectivity index (χ4n) is 8.41. The van der Waals surface area contributed by atoms with E-state index in [1.165, 1.54) is 43.7 Å². The zero-order valence-electron chi connectivity index (χ0n) is 29.9. The fraction of sp³-hybridized carbons (Fsp3) is 0.615. The van der Waals surface area contributed by atoms with E-state index in [-0.39, 0.29) is 35.1 Å². The van der Waals surface area contributed by atoms with Crippen molar-refractivity contribution in [2.24, 2.45) is 11.8 Å². The second-order valence-electron chi connectivity index (χ2n) is 14.8. The molecule has 4 saturated carbocycles. The molecule has 4 aliphatic carbocycles. The maximum absolute atomic E-state index is 12.2. The predicted octanol–water partition coefficient (Wildman–Crippen LogP) is -1.79. The van der Waals surface area contributed by atoms with E-state index in [2.05, 4.69) is 38.5 Å². The van der Waals surface area contributed by atoms with Gasteiger partial charge in [0.2, 0.25) is 0 Å². The first kappa shape index (κ1) is 43.2. The largest absolute Gasteiger partial charge is 0.488 e. The van der Waals surface area contributed by atoms with Crippen LogP contribution in [0.4, 0.5) is 11.6 Å². The molecule has 320 valence electrons. The average Bonchev–Trinajstić information content (AvgIpc) is 3.80. The molecule has 0 amide bonds. The molecule has 0 bridgehead atoms. The van der Waals surface area contributed by atoms with Crippen molar-refractivity contribution in [3.8, 4) is 0 Å². The van der Waals surface area contributed by atoms with Gasteiger partial charge in [0.05, 0.1) is 24.7 Å². The molecule has 0 saturated heterocycles. The normalized spacial score (nSPS) is 36.1. The van der Waals surface area contributed by atoms with Gasteiger partial charge >= 0.3 is 30.8 Å². The molecule has 4 aromatic rings. The van der Waals surface area contributed by atoms with Gasteiger partial charge in [-0.05, 0) is 26.7 Å². The number of fused-ring (bicyclic) bond motifs is 4. The summed E-state index contributed by atoms with van der Waals surface area (Å²) in [5.41, 5.74) is 6.71. The van der Waals surface area contributed by atoms with E-state index in [0.29, 0.717) is 17.6 Å². The van der Waals surface area contributed by atoms with Gasteiger partial charge in [-0.1, -0.05) is 0 Å². The van der Waals surface area contributed by atoms with Gasteiger partial charge in [0.25, 0.3) is 0 Å². The van der Waals surface area contributed by atoms with Crippen LogP contribution in [0.3, 0.4) is 0 Å². The molecule has 4 aliphatic rings. The van der Waals surface area contributed by atoms with Crippen molar-refractivity contribution >= 4 is 64.8 Å². The Bertz CT molecular complexity index is 2480. The summed E-state index contributed by atoms with van der Waals surface area (Å²) in [6.07, 6.45) is 0.777. The highest BCUT2D eigenvalue weighted by molar-refractivity contribution is 7.68. The van der Waals surface area contributed by atoms with Gasteiger partial charge in [0, 0.05) is 11.8 Å². The van der Waals surface area contributed by atoms with E-state index >= 15 is 0 Å². The van der Waals surface area contributed by atoms with Crippen molar-refractivity contribution < 1.29 is 86.1 Å². The summed E-state index contributed by atoms with van der Waals surface area (Å²) in [6.45, 7) is 2.77. The Hall–Kier alpha value is -2.94. The van der Waals surface area contributed by atoms with Gasteiger partial charge in [0.15, 0.2) is 22.9 Å². The number of nitrogen functional groups attached to an aromatic ring is 2. The number of phosphoric acid groups is 2. The minimum Gasteiger partial charge on any atom is -0.387 e. The molecule has 4 aromatic heterocycles. The third kappa shape index (κ3) is 7.44. The number of aliphatic hydroxyl groups is 4. The number of aromatic nitrogens is 8. The van der Waals surface area contributed by atoms with E-state index in [4.69, 9.17) is 40.5 Å². The Labute approximate surface area is 324 Å². The van der Waals surface area contributed by atoms with Crippen molar-refractivity contribution in [1.29, 1.82) is 0 Å². The van der Waals surface area contributed by atoms with Gasteiger partial charge in [-0.25, -0.2) is 43.3 Å². The molecule has 4 unspecified atom stereocenters. The van der Waals surface area contributed by atoms with Gasteiger partial charge in [-0.2, -0.15) is 4.31 Å². The SMILES string of the molecule is C[C@@]1(O)C(O)[C@]2(OCP(=O)(O)O)C[C@@H]2[C@H]1n1cnc2c(N)ncnc21.C[C@@]1(O)C(O)[C@]2(OCP(=O)(O)OP(=O)(O)OP(=O)(O)O)C[C@@H]2[C@H]1n1cnc2c(N)ncnc21. The van der Waals surface area contributed by atoms with E-state index in [0.717, 1.165) is 0 Å². The molecule has 14 N–H and O–H groups in total. The zero-order chi connectivity index (χ0) is 42.8. The highest BCUT2D eigenvalue weighted by Crippen LogP contribution is 2.70. The monoisotopic (exact) mass is 902 g/mol. The molecule has 12 atom stereocenters. The van der Waals surface area contributed by atoms with Crippen LogP contribution < -0.4 is 11.5 Å². The summed E-state index contributed by atoms with van der Waals surface area (Å²) < 4.78 is 66.9. The van der Waals surface area contributed by atoms with Crippen LogP contribution in [0.1, 0.15) is 38.8 Å². The van der Waals surface area contributed by atoms with Crippen LogP contribution in [0, 0.1) is 11.8 Å². The van der Waals surface area contributed by atoms with Crippen molar-refractivity contribution in [2.45, 2.75) is 73.4 Å². The predicted molar refractivity (Wildman–Crippen MR) is 190 cm³/mol. The van der Waals surface area contributed by atoms with Crippen LogP contribution in [0.5, 0.6) is 0 Å². The summed E-state index contributed by atoms with van der Waals surface area (Å²) in [7, 11) is -20.7. The lowest BCUT2D eigenvalue weighted by Gasteiger charge is -2.34. The van der Waals surface area contributed by atoms with Crippen LogP contribution in [0.2, 0.25) is 0 Å². The van der Waals surface area contributed by atoms with Crippen molar-refractivity contribution in [3.63, 3.8) is 0 Å². The molecule has 0 spiro atoms. The third-order valence-corrected chi connectivity index (χ3v) is 15.3. The Morgan fingerprint density at radius 2 is 1.10 bits per heavy atom. The maximum Gasteiger partial charge on any atom is 0.488 e. The fourth-order valence-corrected chi connectivity index (χ4v) is 12.2. The quantitative estimate of drug-likeness (QED) is 0.0698. The van der Waals surface area contributed by atoms with E-state index in [1.54, 1.807) is 4.57 Å². The van der Waals surface area contributed by atoms with Crippen LogP contribution in [0.25, 0.3) is 22.3 Å². The number of anilines is 2. The second-order valence-corrected chi connectivity index (χ2v) is 21.2. The number of aliphatic hydroxyl groups excluding tert-OH is 2. The number of nitrogens with zero attached hydrogens (tertiary/aromatic N) is 8. The molecule has 0 aromatic carbocycles. The highest BCUT2D eigenvalue weighted by atomic mass is 31.3. The summed E-state index contributed by atoms with van der Waals surface area (Å²) in [5, 5.41) is 43.3. The lowest BCUT2D eigenvalue weighted by atomic mass is 9.92.